The Labute approximate surface area is 195 Å². The number of hydrogen-bond donors (Lipinski definition) is 3. The summed E-state index contributed by atoms with van der Waals surface area (Å²) in [6.45, 7) is 11.7. The molecule has 0 radical (unpaired) electrons. The molecule has 6 fully saturated rings. The lowest BCUT2D eigenvalue weighted by atomic mass is 9.51. The van der Waals surface area contributed by atoms with E-state index in [-0.39, 0.29) is 29.1 Å². The summed E-state index contributed by atoms with van der Waals surface area (Å²) in [7, 11) is 0. The quantitative estimate of drug-likeness (QED) is 0.526. The smallest absolute Gasteiger partial charge is 0.0831 e. The van der Waals surface area contributed by atoms with Crippen LogP contribution < -0.4 is 0 Å². The van der Waals surface area contributed by atoms with Crippen LogP contribution in [-0.2, 0) is 0 Å². The summed E-state index contributed by atoms with van der Waals surface area (Å²) in [4.78, 5) is 2.70. The van der Waals surface area contributed by atoms with Gasteiger partial charge in [0, 0.05) is 18.6 Å². The van der Waals surface area contributed by atoms with E-state index in [1.807, 2.05) is 0 Å². The van der Waals surface area contributed by atoms with Crippen molar-refractivity contribution in [2.45, 2.75) is 109 Å². The van der Waals surface area contributed by atoms with E-state index in [0.29, 0.717) is 29.6 Å². The zero-order valence-electron chi connectivity index (χ0n) is 20.8. The first-order chi connectivity index (χ1) is 15.1. The SMILES string of the molecule is CC1CCC2(C)N(C1)CC1C3CC4C(CC(O)C5CC(O)CCC54C)C3CCC1C2(C)O. The van der Waals surface area contributed by atoms with Crippen molar-refractivity contribution < 1.29 is 15.3 Å². The van der Waals surface area contributed by atoms with Crippen molar-refractivity contribution in [2.75, 3.05) is 13.1 Å². The molecule has 0 aromatic carbocycles. The Morgan fingerprint density at radius 3 is 2.28 bits per heavy atom. The zero-order chi connectivity index (χ0) is 22.6. The summed E-state index contributed by atoms with van der Waals surface area (Å²) in [6.07, 6.45) is 9.31. The Morgan fingerprint density at radius 2 is 1.50 bits per heavy atom. The molecule has 2 saturated heterocycles. The number of aliphatic hydroxyl groups excluding tert-OH is 2. The molecule has 4 aliphatic carbocycles. The number of piperidine rings is 2. The third-order valence-electron chi connectivity index (χ3n) is 12.8. The molecule has 4 saturated carbocycles. The Hall–Kier alpha value is -0.160. The first-order valence-corrected chi connectivity index (χ1v) is 13.9. The van der Waals surface area contributed by atoms with Crippen LogP contribution in [0.2, 0.25) is 0 Å². The second-order valence-electron chi connectivity index (χ2n) is 14.0. The third kappa shape index (κ3) is 2.82. The van der Waals surface area contributed by atoms with E-state index in [2.05, 4.69) is 32.6 Å². The number of hydrogen-bond acceptors (Lipinski definition) is 4. The van der Waals surface area contributed by atoms with Crippen LogP contribution in [0, 0.1) is 52.8 Å². The van der Waals surface area contributed by atoms with E-state index in [0.717, 1.165) is 56.9 Å². The number of aliphatic hydroxyl groups is 3. The fraction of sp³-hybridized carbons (Fsp3) is 1.00. The van der Waals surface area contributed by atoms with E-state index in [4.69, 9.17) is 0 Å². The summed E-state index contributed by atoms with van der Waals surface area (Å²) in [6, 6.07) is 0. The van der Waals surface area contributed by atoms with Gasteiger partial charge < -0.3 is 15.3 Å². The molecule has 2 aliphatic heterocycles. The number of rotatable bonds is 0. The molecule has 0 amide bonds. The lowest BCUT2D eigenvalue weighted by Crippen LogP contribution is -2.73. The first-order valence-electron chi connectivity index (χ1n) is 13.9. The maximum atomic E-state index is 12.1. The van der Waals surface area contributed by atoms with Gasteiger partial charge in [0.2, 0.25) is 0 Å². The van der Waals surface area contributed by atoms with Crippen molar-refractivity contribution in [2.24, 2.45) is 52.8 Å². The summed E-state index contributed by atoms with van der Waals surface area (Å²) in [5.74, 6) is 4.77. The highest BCUT2D eigenvalue weighted by atomic mass is 16.3. The van der Waals surface area contributed by atoms with E-state index >= 15 is 0 Å². The van der Waals surface area contributed by atoms with Crippen LogP contribution in [0.3, 0.4) is 0 Å². The van der Waals surface area contributed by atoms with Crippen LogP contribution >= 0.6 is 0 Å². The van der Waals surface area contributed by atoms with Gasteiger partial charge in [0.15, 0.2) is 0 Å². The van der Waals surface area contributed by atoms with Gasteiger partial charge in [0.25, 0.3) is 0 Å². The Kier molecular flexibility index (Phi) is 5.01. The summed E-state index contributed by atoms with van der Waals surface area (Å²) < 4.78 is 0. The minimum Gasteiger partial charge on any atom is -0.393 e. The Bertz CT molecular complexity index is 755. The Morgan fingerprint density at radius 1 is 0.719 bits per heavy atom. The van der Waals surface area contributed by atoms with E-state index in [1.54, 1.807) is 0 Å². The predicted molar refractivity (Wildman–Crippen MR) is 126 cm³/mol. The largest absolute Gasteiger partial charge is 0.393 e. The first kappa shape index (κ1) is 22.3. The van der Waals surface area contributed by atoms with Crippen molar-refractivity contribution in [3.05, 3.63) is 0 Å². The molecule has 6 aliphatic rings. The lowest BCUT2D eigenvalue weighted by molar-refractivity contribution is -0.218. The molecule has 2 heterocycles. The monoisotopic (exact) mass is 445 g/mol. The molecule has 6 rings (SSSR count). The maximum absolute atomic E-state index is 12.1. The fourth-order valence-corrected chi connectivity index (χ4v) is 10.8. The molecular weight excluding hydrogens is 398 g/mol. The molecule has 0 aromatic heterocycles. The van der Waals surface area contributed by atoms with Gasteiger partial charge >= 0.3 is 0 Å². The molecule has 3 N–H and O–H groups in total. The number of fused-ring (bicyclic) bond motifs is 8. The topological polar surface area (TPSA) is 63.9 Å². The van der Waals surface area contributed by atoms with Gasteiger partial charge in [0.1, 0.15) is 0 Å². The van der Waals surface area contributed by atoms with E-state index in [1.165, 1.54) is 25.8 Å². The highest BCUT2D eigenvalue weighted by Gasteiger charge is 2.66. The highest BCUT2D eigenvalue weighted by molar-refractivity contribution is 5.17. The molecule has 182 valence electrons. The van der Waals surface area contributed by atoms with Crippen molar-refractivity contribution in [3.63, 3.8) is 0 Å². The minimum atomic E-state index is -0.615. The van der Waals surface area contributed by atoms with Gasteiger partial charge in [-0.3, -0.25) is 4.90 Å². The second-order valence-corrected chi connectivity index (χ2v) is 14.0. The van der Waals surface area contributed by atoms with Crippen LogP contribution in [0.1, 0.15) is 85.5 Å². The summed E-state index contributed by atoms with van der Waals surface area (Å²) in [5, 5.41) is 33.6. The van der Waals surface area contributed by atoms with E-state index in [9.17, 15) is 15.3 Å². The van der Waals surface area contributed by atoms with Crippen LogP contribution in [-0.4, -0.2) is 56.7 Å². The second kappa shape index (κ2) is 7.18. The van der Waals surface area contributed by atoms with Crippen molar-refractivity contribution in [3.8, 4) is 0 Å². The average Bonchev–Trinajstić information content (AvgIpc) is 3.11. The van der Waals surface area contributed by atoms with Gasteiger partial charge in [-0.25, -0.2) is 0 Å². The molecule has 13 unspecified atom stereocenters. The summed E-state index contributed by atoms with van der Waals surface area (Å²) in [5.41, 5.74) is -0.513. The van der Waals surface area contributed by atoms with Gasteiger partial charge in [-0.1, -0.05) is 13.8 Å². The van der Waals surface area contributed by atoms with Gasteiger partial charge in [0.05, 0.1) is 17.8 Å². The minimum absolute atomic E-state index is 0.0777. The standard InChI is InChI=1S/C28H47NO3/c1-16-7-10-27(3)28(4,32)22-6-5-18-19(21(22)15-29(27)14-16)12-23-20(18)13-25(31)24-11-17(30)8-9-26(23,24)2/h16-25,30-32H,5-15H2,1-4H3. The van der Waals surface area contributed by atoms with Crippen LogP contribution in [0.15, 0.2) is 0 Å². The molecule has 4 nitrogen and oxygen atoms in total. The van der Waals surface area contributed by atoms with Gasteiger partial charge in [-0.15, -0.1) is 0 Å². The molecule has 0 bridgehead atoms. The highest BCUT2D eigenvalue weighted by Crippen LogP contribution is 2.67. The fourth-order valence-electron chi connectivity index (χ4n) is 10.8. The molecule has 0 aromatic rings. The van der Waals surface area contributed by atoms with E-state index < -0.39 is 5.60 Å². The molecule has 0 spiro atoms. The van der Waals surface area contributed by atoms with Gasteiger partial charge in [-0.2, -0.15) is 0 Å². The summed E-state index contributed by atoms with van der Waals surface area (Å²) >= 11 is 0. The lowest BCUT2D eigenvalue weighted by Gasteiger charge is -2.65. The van der Waals surface area contributed by atoms with Crippen LogP contribution in [0.5, 0.6) is 0 Å². The molecule has 13 atom stereocenters. The third-order valence-corrected chi connectivity index (χ3v) is 12.8. The van der Waals surface area contributed by atoms with Crippen LogP contribution in [0.4, 0.5) is 0 Å². The maximum Gasteiger partial charge on any atom is 0.0831 e. The molecule has 32 heavy (non-hydrogen) atoms. The predicted octanol–water partition coefficient (Wildman–Crippen LogP) is 4.07. The van der Waals surface area contributed by atoms with Crippen molar-refractivity contribution in [1.29, 1.82) is 0 Å². The zero-order valence-corrected chi connectivity index (χ0v) is 20.8. The van der Waals surface area contributed by atoms with Crippen molar-refractivity contribution in [1.82, 2.24) is 4.90 Å². The molecule has 4 heteroatoms. The number of nitrogens with zero attached hydrogens (tertiary/aromatic N) is 1. The molecular formula is C28H47NO3. The van der Waals surface area contributed by atoms with Gasteiger partial charge in [-0.05, 0) is 124 Å². The Balaban J connectivity index is 1.32. The normalized spacial score (nSPS) is 62.3. The van der Waals surface area contributed by atoms with Crippen molar-refractivity contribution >= 4 is 0 Å². The average molecular weight is 446 g/mol. The van der Waals surface area contributed by atoms with Crippen LogP contribution in [0.25, 0.3) is 0 Å².